The molecule has 0 saturated heterocycles. The van der Waals surface area contributed by atoms with E-state index in [4.69, 9.17) is 0 Å². The molecule has 0 aliphatic carbocycles. The fourth-order valence-corrected chi connectivity index (χ4v) is 2.01. The smallest absolute Gasteiger partial charge is 0.191 e. The maximum Gasteiger partial charge on any atom is 0.191 e. The van der Waals surface area contributed by atoms with Crippen LogP contribution >= 0.6 is 11.8 Å². The third-order valence-corrected chi connectivity index (χ3v) is 3.29. The van der Waals surface area contributed by atoms with Crippen molar-refractivity contribution < 1.29 is 0 Å². The zero-order valence-electron chi connectivity index (χ0n) is 11.4. The largest absolute Gasteiger partial charge is 0.373 e. The minimum Gasteiger partial charge on any atom is -0.373 e. The lowest BCUT2D eigenvalue weighted by molar-refractivity contribution is 0.958. The molecule has 5 heteroatoms. The van der Waals surface area contributed by atoms with Gasteiger partial charge in [-0.3, -0.25) is 0 Å². The number of hydrogen-bond donors (Lipinski definition) is 2. The molecule has 19 heavy (non-hydrogen) atoms. The van der Waals surface area contributed by atoms with Gasteiger partial charge in [0, 0.05) is 19.7 Å². The van der Waals surface area contributed by atoms with Crippen molar-refractivity contribution in [2.45, 2.75) is 18.6 Å². The fourth-order valence-electron chi connectivity index (χ4n) is 1.63. The number of anilines is 2. The Balaban J connectivity index is 2.08. The van der Waals surface area contributed by atoms with Gasteiger partial charge in [0.05, 0.1) is 0 Å². The Hall–Kier alpha value is -1.75. The van der Waals surface area contributed by atoms with Gasteiger partial charge in [-0.15, -0.1) is 0 Å². The van der Waals surface area contributed by atoms with E-state index in [1.807, 2.05) is 19.4 Å². The van der Waals surface area contributed by atoms with Crippen LogP contribution in [0.3, 0.4) is 0 Å². The lowest BCUT2D eigenvalue weighted by Crippen LogP contribution is -2.04. The molecule has 0 atom stereocenters. The zero-order valence-corrected chi connectivity index (χ0v) is 12.2. The summed E-state index contributed by atoms with van der Waals surface area (Å²) >= 11 is 1.53. The lowest BCUT2D eigenvalue weighted by Gasteiger charge is -2.09. The fraction of sp³-hybridized carbons (Fsp3) is 0.286. The first-order chi connectivity index (χ1) is 9.21. The second-order valence-corrected chi connectivity index (χ2v) is 4.99. The summed E-state index contributed by atoms with van der Waals surface area (Å²) in [6.07, 6.45) is 1.97. The average Bonchev–Trinajstić information content (AvgIpc) is 2.46. The van der Waals surface area contributed by atoms with Crippen LogP contribution in [0, 0.1) is 6.92 Å². The topological polar surface area (TPSA) is 49.8 Å². The Morgan fingerprint density at radius 3 is 2.42 bits per heavy atom. The highest BCUT2D eigenvalue weighted by atomic mass is 32.2. The summed E-state index contributed by atoms with van der Waals surface area (Å²) in [5.74, 6) is 1.66. The molecule has 0 saturated carbocycles. The van der Waals surface area contributed by atoms with Crippen LogP contribution in [-0.4, -0.2) is 23.3 Å². The predicted molar refractivity (Wildman–Crippen MR) is 81.9 cm³/mol. The summed E-state index contributed by atoms with van der Waals surface area (Å²) in [6.45, 7) is 2.85. The first-order valence-electron chi connectivity index (χ1n) is 6.11. The maximum atomic E-state index is 4.43. The number of aromatic nitrogens is 2. The van der Waals surface area contributed by atoms with Gasteiger partial charge in [-0.25, -0.2) is 9.97 Å². The summed E-state index contributed by atoms with van der Waals surface area (Å²) in [6, 6.07) is 10.4. The van der Waals surface area contributed by atoms with Crippen LogP contribution in [0.1, 0.15) is 11.1 Å². The minimum absolute atomic E-state index is 0.758. The molecule has 0 amide bonds. The van der Waals surface area contributed by atoms with Crippen LogP contribution in [0.2, 0.25) is 0 Å². The van der Waals surface area contributed by atoms with E-state index >= 15 is 0 Å². The van der Waals surface area contributed by atoms with E-state index in [-0.39, 0.29) is 0 Å². The highest BCUT2D eigenvalue weighted by molar-refractivity contribution is 7.98. The molecule has 0 bridgehead atoms. The zero-order chi connectivity index (χ0) is 13.7. The van der Waals surface area contributed by atoms with E-state index in [9.17, 15) is 0 Å². The SMILES string of the molecule is CNc1cc(NCc2ccc(C)cc2)nc(SC)n1. The van der Waals surface area contributed by atoms with Crippen molar-refractivity contribution in [3.8, 4) is 0 Å². The van der Waals surface area contributed by atoms with E-state index < -0.39 is 0 Å². The van der Waals surface area contributed by atoms with Crippen LogP contribution in [0.15, 0.2) is 35.5 Å². The Morgan fingerprint density at radius 1 is 1.11 bits per heavy atom. The molecule has 0 unspecified atom stereocenters. The van der Waals surface area contributed by atoms with E-state index in [0.29, 0.717) is 0 Å². The molecule has 1 aromatic heterocycles. The summed E-state index contributed by atoms with van der Waals surface area (Å²) in [4.78, 5) is 8.77. The van der Waals surface area contributed by atoms with Crippen molar-refractivity contribution in [3.63, 3.8) is 0 Å². The average molecular weight is 274 g/mol. The first-order valence-corrected chi connectivity index (χ1v) is 7.34. The molecular formula is C14H18N4S. The van der Waals surface area contributed by atoms with Crippen LogP contribution in [0.25, 0.3) is 0 Å². The Kier molecular flexibility index (Phi) is 4.63. The molecule has 1 aromatic carbocycles. The number of rotatable bonds is 5. The van der Waals surface area contributed by atoms with Crippen molar-refractivity contribution in [2.75, 3.05) is 23.9 Å². The second kappa shape index (κ2) is 6.43. The third kappa shape index (κ3) is 3.86. The van der Waals surface area contributed by atoms with Crippen LogP contribution in [0.4, 0.5) is 11.6 Å². The number of aryl methyl sites for hydroxylation is 1. The van der Waals surface area contributed by atoms with Crippen molar-refractivity contribution in [1.82, 2.24) is 9.97 Å². The molecule has 0 spiro atoms. The molecular weight excluding hydrogens is 256 g/mol. The first kappa shape index (κ1) is 13.7. The van der Waals surface area contributed by atoms with Gasteiger partial charge in [0.25, 0.3) is 0 Å². The van der Waals surface area contributed by atoms with Gasteiger partial charge in [0.15, 0.2) is 5.16 Å². The minimum atomic E-state index is 0.758. The van der Waals surface area contributed by atoms with E-state index in [1.165, 1.54) is 22.9 Å². The van der Waals surface area contributed by atoms with Gasteiger partial charge >= 0.3 is 0 Å². The van der Waals surface area contributed by atoms with Gasteiger partial charge < -0.3 is 10.6 Å². The third-order valence-electron chi connectivity index (χ3n) is 2.74. The monoisotopic (exact) mass is 274 g/mol. The molecule has 0 fully saturated rings. The normalized spacial score (nSPS) is 10.3. The van der Waals surface area contributed by atoms with Gasteiger partial charge in [-0.1, -0.05) is 41.6 Å². The second-order valence-electron chi connectivity index (χ2n) is 4.21. The maximum absolute atomic E-state index is 4.43. The van der Waals surface area contributed by atoms with Gasteiger partial charge in [-0.2, -0.15) is 0 Å². The Labute approximate surface area is 118 Å². The Morgan fingerprint density at radius 2 is 1.79 bits per heavy atom. The molecule has 100 valence electrons. The van der Waals surface area contributed by atoms with Gasteiger partial charge in [-0.05, 0) is 18.7 Å². The molecule has 2 rings (SSSR count). The summed E-state index contributed by atoms with van der Waals surface area (Å²) in [5, 5.41) is 7.13. The highest BCUT2D eigenvalue weighted by Gasteiger charge is 2.02. The van der Waals surface area contributed by atoms with Crippen molar-refractivity contribution >= 4 is 23.4 Å². The van der Waals surface area contributed by atoms with E-state index in [2.05, 4.69) is 51.8 Å². The molecule has 4 nitrogen and oxygen atoms in total. The van der Waals surface area contributed by atoms with Crippen LogP contribution in [-0.2, 0) is 6.54 Å². The summed E-state index contributed by atoms with van der Waals surface area (Å²) < 4.78 is 0. The summed E-state index contributed by atoms with van der Waals surface area (Å²) in [5.41, 5.74) is 2.51. The number of thioether (sulfide) groups is 1. The molecule has 0 radical (unpaired) electrons. The predicted octanol–water partition coefficient (Wildman–Crippen LogP) is 3.16. The lowest BCUT2D eigenvalue weighted by atomic mass is 10.1. The van der Waals surface area contributed by atoms with Crippen LogP contribution in [0.5, 0.6) is 0 Å². The Bertz CT molecular complexity index is 517. The molecule has 2 aromatic rings. The van der Waals surface area contributed by atoms with Crippen molar-refractivity contribution in [1.29, 1.82) is 0 Å². The molecule has 2 N–H and O–H groups in total. The van der Waals surface area contributed by atoms with Crippen molar-refractivity contribution in [3.05, 3.63) is 41.5 Å². The number of benzene rings is 1. The van der Waals surface area contributed by atoms with Crippen molar-refractivity contribution in [2.24, 2.45) is 0 Å². The van der Waals surface area contributed by atoms with Gasteiger partial charge in [0.2, 0.25) is 0 Å². The molecule has 1 heterocycles. The molecule has 0 aliphatic heterocycles. The number of nitrogens with zero attached hydrogens (tertiary/aromatic N) is 2. The standard InChI is InChI=1S/C14H18N4S/c1-10-4-6-11(7-5-10)9-16-13-8-12(15-2)17-14(18-13)19-3/h4-8H,9H2,1-3H3,(H2,15,16,17,18). The summed E-state index contributed by atoms with van der Waals surface area (Å²) in [7, 11) is 1.86. The number of hydrogen-bond acceptors (Lipinski definition) is 5. The number of nitrogens with one attached hydrogen (secondary N) is 2. The highest BCUT2D eigenvalue weighted by Crippen LogP contribution is 2.17. The molecule has 0 aliphatic rings. The van der Waals surface area contributed by atoms with Crippen LogP contribution < -0.4 is 10.6 Å². The van der Waals surface area contributed by atoms with Gasteiger partial charge in [0.1, 0.15) is 11.6 Å². The van der Waals surface area contributed by atoms with E-state index in [1.54, 1.807) is 0 Å². The quantitative estimate of drug-likeness (QED) is 0.648. The van der Waals surface area contributed by atoms with E-state index in [0.717, 1.165) is 23.3 Å².